The SMILES string of the molecule is Cc1cccc(Cc2ccc([Si](Cl)(c3ccc(Cc4cccc(C)c4)cc3)c3ccc(Cc4cccc(C)c4)cc3)cc2)c1. The van der Waals surface area contributed by atoms with Crippen molar-refractivity contribution in [3.8, 4) is 0 Å². The third-order valence-electron chi connectivity index (χ3n) is 8.53. The second-order valence-corrected chi connectivity index (χ2v) is 17.0. The number of rotatable bonds is 9. The van der Waals surface area contributed by atoms with Crippen molar-refractivity contribution in [1.82, 2.24) is 0 Å². The van der Waals surface area contributed by atoms with Crippen LogP contribution >= 0.6 is 11.1 Å². The standard InChI is InChI=1S/C42H39ClSi/c1-31-7-4-10-37(25-31)28-34-13-19-40(20-14-34)44(43,41-21-15-35(16-22-41)29-38-11-5-8-32(2)26-38)42-23-17-36(18-24-42)30-39-12-6-9-33(3)27-39/h4-27H,28-30H2,1-3H3. The summed E-state index contributed by atoms with van der Waals surface area (Å²) in [5.74, 6) is 0. The van der Waals surface area contributed by atoms with E-state index in [0.717, 1.165) is 19.3 Å². The van der Waals surface area contributed by atoms with E-state index in [2.05, 4.69) is 166 Å². The first-order chi connectivity index (χ1) is 21.3. The lowest BCUT2D eigenvalue weighted by molar-refractivity contribution is 1.18. The van der Waals surface area contributed by atoms with Gasteiger partial charge in [0.15, 0.2) is 0 Å². The van der Waals surface area contributed by atoms with Crippen LogP contribution in [0, 0.1) is 20.8 Å². The summed E-state index contributed by atoms with van der Waals surface area (Å²) in [5.41, 5.74) is 11.8. The van der Waals surface area contributed by atoms with Crippen molar-refractivity contribution in [3.63, 3.8) is 0 Å². The predicted octanol–water partition coefficient (Wildman–Crippen LogP) is 8.59. The molecule has 6 rings (SSSR count). The largest absolute Gasteiger partial charge is 0.247 e. The van der Waals surface area contributed by atoms with Gasteiger partial charge >= 0.3 is 0 Å². The molecule has 0 N–H and O–H groups in total. The zero-order valence-electron chi connectivity index (χ0n) is 25.9. The third-order valence-corrected chi connectivity index (χ3v) is 13.9. The molecule has 0 aliphatic carbocycles. The van der Waals surface area contributed by atoms with Crippen molar-refractivity contribution in [2.45, 2.75) is 40.0 Å². The summed E-state index contributed by atoms with van der Waals surface area (Å²) in [6.45, 7) is 6.45. The Morgan fingerprint density at radius 3 is 0.886 bits per heavy atom. The Morgan fingerprint density at radius 2 is 0.636 bits per heavy atom. The smallest absolute Gasteiger partial charge is 0.149 e. The average molecular weight is 607 g/mol. The second kappa shape index (κ2) is 13.2. The van der Waals surface area contributed by atoms with E-state index in [9.17, 15) is 0 Å². The van der Waals surface area contributed by atoms with Gasteiger partial charge in [0.05, 0.1) is 0 Å². The Hall–Kier alpha value is -4.17. The van der Waals surface area contributed by atoms with E-state index in [0.29, 0.717) is 0 Å². The summed E-state index contributed by atoms with van der Waals surface area (Å²) >= 11 is 7.95. The molecule has 218 valence electrons. The van der Waals surface area contributed by atoms with Crippen LogP contribution in [0.2, 0.25) is 0 Å². The molecule has 0 spiro atoms. The number of benzene rings is 6. The molecule has 0 radical (unpaired) electrons. The fourth-order valence-corrected chi connectivity index (χ4v) is 10.2. The first-order valence-corrected chi connectivity index (χ1v) is 18.5. The predicted molar refractivity (Wildman–Crippen MR) is 192 cm³/mol. The molecule has 0 saturated heterocycles. The highest BCUT2D eigenvalue weighted by Gasteiger charge is 2.38. The molecule has 2 heteroatoms. The Labute approximate surface area is 268 Å². The minimum Gasteiger partial charge on any atom is -0.149 e. The minimum absolute atomic E-state index is 0.917. The summed E-state index contributed by atoms with van der Waals surface area (Å²) < 4.78 is 0. The summed E-state index contributed by atoms with van der Waals surface area (Å²) in [6.07, 6.45) is 2.75. The zero-order valence-corrected chi connectivity index (χ0v) is 27.6. The molecular weight excluding hydrogens is 568 g/mol. The summed E-state index contributed by atoms with van der Waals surface area (Å²) in [4.78, 5) is 0. The van der Waals surface area contributed by atoms with Gasteiger partial charge in [-0.3, -0.25) is 0 Å². The number of aryl methyl sites for hydroxylation is 3. The van der Waals surface area contributed by atoms with Crippen molar-refractivity contribution < 1.29 is 0 Å². The lowest BCUT2D eigenvalue weighted by Gasteiger charge is -2.27. The van der Waals surface area contributed by atoms with Crippen molar-refractivity contribution in [2.24, 2.45) is 0 Å². The van der Waals surface area contributed by atoms with Gasteiger partial charge in [-0.25, -0.2) is 0 Å². The molecule has 0 nitrogen and oxygen atoms in total. The van der Waals surface area contributed by atoms with Crippen LogP contribution in [0.3, 0.4) is 0 Å². The molecule has 0 fully saturated rings. The van der Waals surface area contributed by atoms with E-state index in [1.807, 2.05) is 0 Å². The highest BCUT2D eigenvalue weighted by Crippen LogP contribution is 2.18. The summed E-state index contributed by atoms with van der Waals surface area (Å²) in [6, 6.07) is 53.5. The topological polar surface area (TPSA) is 0 Å². The second-order valence-electron chi connectivity index (χ2n) is 12.2. The van der Waals surface area contributed by atoms with E-state index >= 15 is 0 Å². The molecule has 0 amide bonds. The van der Waals surface area contributed by atoms with Crippen LogP contribution in [-0.4, -0.2) is 7.38 Å². The van der Waals surface area contributed by atoms with Gasteiger partial charge in [-0.2, -0.15) is 0 Å². The summed E-state index contributed by atoms with van der Waals surface area (Å²) in [7, 11) is -2.78. The van der Waals surface area contributed by atoms with E-state index in [4.69, 9.17) is 11.1 Å². The number of hydrogen-bond acceptors (Lipinski definition) is 0. The molecule has 0 saturated carbocycles. The highest BCUT2D eigenvalue weighted by molar-refractivity contribution is 7.40. The molecular formula is C42H39ClSi. The lowest BCUT2D eigenvalue weighted by Crippen LogP contribution is -2.62. The quantitative estimate of drug-likeness (QED) is 0.0878. The van der Waals surface area contributed by atoms with Crippen LogP contribution in [0.5, 0.6) is 0 Å². The Morgan fingerprint density at radius 1 is 0.364 bits per heavy atom. The molecule has 0 atom stereocenters. The maximum absolute atomic E-state index is 7.95. The Bertz CT molecular complexity index is 1630. The van der Waals surface area contributed by atoms with Crippen LogP contribution in [0.4, 0.5) is 0 Å². The van der Waals surface area contributed by atoms with Crippen LogP contribution in [-0.2, 0) is 19.3 Å². The van der Waals surface area contributed by atoms with Gasteiger partial charge in [-0.05, 0) is 89.0 Å². The lowest BCUT2D eigenvalue weighted by atomic mass is 10.0. The summed E-state index contributed by atoms with van der Waals surface area (Å²) in [5, 5.41) is 3.64. The van der Waals surface area contributed by atoms with E-state index in [1.165, 1.54) is 65.6 Å². The van der Waals surface area contributed by atoms with Crippen LogP contribution in [0.1, 0.15) is 50.1 Å². The fourth-order valence-electron chi connectivity index (χ4n) is 6.23. The van der Waals surface area contributed by atoms with Gasteiger partial charge in [0, 0.05) is 0 Å². The van der Waals surface area contributed by atoms with Gasteiger partial charge in [0.1, 0.15) is 0 Å². The third kappa shape index (κ3) is 6.96. The molecule has 44 heavy (non-hydrogen) atoms. The van der Waals surface area contributed by atoms with E-state index in [1.54, 1.807) is 0 Å². The van der Waals surface area contributed by atoms with Crippen molar-refractivity contribution >= 4 is 34.0 Å². The molecule has 6 aromatic rings. The zero-order chi connectivity index (χ0) is 30.5. The molecule has 6 aromatic carbocycles. The molecule has 0 bridgehead atoms. The Kier molecular flexibility index (Phi) is 8.98. The van der Waals surface area contributed by atoms with E-state index in [-0.39, 0.29) is 0 Å². The monoisotopic (exact) mass is 606 g/mol. The van der Waals surface area contributed by atoms with Crippen LogP contribution < -0.4 is 15.6 Å². The minimum atomic E-state index is -2.78. The molecule has 0 aromatic heterocycles. The normalized spacial score (nSPS) is 11.5. The van der Waals surface area contributed by atoms with Crippen molar-refractivity contribution in [3.05, 3.63) is 196 Å². The molecule has 0 aliphatic heterocycles. The van der Waals surface area contributed by atoms with Gasteiger partial charge in [-0.1, -0.05) is 162 Å². The molecule has 0 unspecified atom stereocenters. The van der Waals surface area contributed by atoms with Crippen molar-refractivity contribution in [2.75, 3.05) is 0 Å². The average Bonchev–Trinajstić information content (AvgIpc) is 3.02. The first kappa shape index (κ1) is 29.9. The molecule has 0 aliphatic rings. The number of halogens is 1. The highest BCUT2D eigenvalue weighted by atomic mass is 35.6. The maximum atomic E-state index is 7.95. The van der Waals surface area contributed by atoms with E-state index < -0.39 is 7.38 Å². The molecule has 0 heterocycles. The number of hydrogen-bond donors (Lipinski definition) is 0. The van der Waals surface area contributed by atoms with Gasteiger partial charge < -0.3 is 0 Å². The van der Waals surface area contributed by atoms with Crippen molar-refractivity contribution in [1.29, 1.82) is 0 Å². The maximum Gasteiger partial charge on any atom is 0.247 e. The van der Waals surface area contributed by atoms with Crippen LogP contribution in [0.15, 0.2) is 146 Å². The fraction of sp³-hybridized carbons (Fsp3) is 0.143. The Balaban J connectivity index is 1.32. The first-order valence-electron chi connectivity index (χ1n) is 15.5. The van der Waals surface area contributed by atoms with Crippen LogP contribution in [0.25, 0.3) is 0 Å². The van der Waals surface area contributed by atoms with Gasteiger partial charge in [0.2, 0.25) is 7.38 Å². The van der Waals surface area contributed by atoms with Gasteiger partial charge in [-0.15, -0.1) is 11.1 Å². The van der Waals surface area contributed by atoms with Gasteiger partial charge in [0.25, 0.3) is 0 Å².